The van der Waals surface area contributed by atoms with Gasteiger partial charge in [-0.05, 0) is 25.3 Å². The number of nitrogens with zero attached hydrogens (tertiary/aromatic N) is 1. The van der Waals surface area contributed by atoms with Gasteiger partial charge in [0.15, 0.2) is 0 Å². The van der Waals surface area contributed by atoms with Crippen LogP contribution >= 0.6 is 0 Å². The molecule has 0 amide bonds. The van der Waals surface area contributed by atoms with E-state index in [1.165, 1.54) is 25.9 Å². The predicted molar refractivity (Wildman–Crippen MR) is 57.1 cm³/mol. The summed E-state index contributed by atoms with van der Waals surface area (Å²) in [6, 6.07) is 0.271. The van der Waals surface area contributed by atoms with Crippen molar-refractivity contribution in [1.82, 2.24) is 4.90 Å². The normalized spacial score (nSPS) is 40.3. The molecule has 0 radical (unpaired) electrons. The van der Waals surface area contributed by atoms with Gasteiger partial charge in [-0.1, -0.05) is 6.92 Å². The molecule has 0 aromatic heterocycles. The molecule has 2 saturated heterocycles. The highest BCUT2D eigenvalue weighted by Crippen LogP contribution is 2.19. The smallest absolute Gasteiger partial charge is 0.0621 e. The lowest BCUT2D eigenvalue weighted by atomic mass is 9.97. The van der Waals surface area contributed by atoms with E-state index in [1.54, 1.807) is 0 Å². The Hall–Kier alpha value is -0.120. The second-order valence-electron chi connectivity index (χ2n) is 4.97. The molecule has 3 nitrogen and oxygen atoms in total. The van der Waals surface area contributed by atoms with E-state index in [1.807, 2.05) is 0 Å². The summed E-state index contributed by atoms with van der Waals surface area (Å²) in [5.41, 5.74) is 5.98. The highest BCUT2D eigenvalue weighted by molar-refractivity contribution is 4.82. The molecule has 2 aliphatic rings. The van der Waals surface area contributed by atoms with Crippen molar-refractivity contribution in [3.8, 4) is 0 Å². The van der Waals surface area contributed by atoms with Gasteiger partial charge in [-0.2, -0.15) is 0 Å². The first-order chi connectivity index (χ1) is 6.75. The van der Waals surface area contributed by atoms with Crippen molar-refractivity contribution >= 4 is 0 Å². The van der Waals surface area contributed by atoms with Crippen LogP contribution in [0.5, 0.6) is 0 Å². The van der Waals surface area contributed by atoms with Gasteiger partial charge in [-0.15, -0.1) is 0 Å². The van der Waals surface area contributed by atoms with Crippen LogP contribution in [0.1, 0.15) is 19.8 Å². The molecule has 2 heterocycles. The van der Waals surface area contributed by atoms with Gasteiger partial charge in [0.25, 0.3) is 0 Å². The SMILES string of the molecule is CC1CCCN(CC2COCC2N)C1. The van der Waals surface area contributed by atoms with Crippen molar-refractivity contribution in [2.75, 3.05) is 32.8 Å². The van der Waals surface area contributed by atoms with Crippen LogP contribution in [0.15, 0.2) is 0 Å². The van der Waals surface area contributed by atoms with Gasteiger partial charge in [-0.25, -0.2) is 0 Å². The van der Waals surface area contributed by atoms with E-state index in [-0.39, 0.29) is 6.04 Å². The van der Waals surface area contributed by atoms with Gasteiger partial charge in [-0.3, -0.25) is 0 Å². The molecular formula is C11H22N2O. The summed E-state index contributed by atoms with van der Waals surface area (Å²) in [7, 11) is 0. The van der Waals surface area contributed by atoms with Crippen molar-refractivity contribution in [3.63, 3.8) is 0 Å². The third-order valence-electron chi connectivity index (χ3n) is 3.48. The average Bonchev–Trinajstić information content (AvgIpc) is 2.52. The first-order valence-electron chi connectivity index (χ1n) is 5.81. The zero-order chi connectivity index (χ0) is 9.97. The third kappa shape index (κ3) is 2.47. The van der Waals surface area contributed by atoms with Crippen molar-refractivity contribution < 1.29 is 4.74 Å². The van der Waals surface area contributed by atoms with Crippen LogP contribution in [0.2, 0.25) is 0 Å². The summed E-state index contributed by atoms with van der Waals surface area (Å²) < 4.78 is 5.39. The monoisotopic (exact) mass is 198 g/mol. The van der Waals surface area contributed by atoms with Gasteiger partial charge in [0, 0.05) is 25.0 Å². The van der Waals surface area contributed by atoms with Crippen molar-refractivity contribution in [2.45, 2.75) is 25.8 Å². The third-order valence-corrected chi connectivity index (χ3v) is 3.48. The standard InChI is InChI=1S/C11H22N2O/c1-9-3-2-4-13(5-9)6-10-7-14-8-11(10)12/h9-11H,2-8,12H2,1H3. The Morgan fingerprint density at radius 2 is 2.29 bits per heavy atom. The summed E-state index contributed by atoms with van der Waals surface area (Å²) in [6.45, 7) is 7.62. The van der Waals surface area contributed by atoms with Crippen molar-refractivity contribution in [1.29, 1.82) is 0 Å². The second kappa shape index (κ2) is 4.60. The predicted octanol–water partition coefficient (Wildman–Crippen LogP) is 0.692. The molecule has 82 valence electrons. The first kappa shape index (κ1) is 10.4. The largest absolute Gasteiger partial charge is 0.379 e. The fourth-order valence-corrected chi connectivity index (χ4v) is 2.59. The minimum absolute atomic E-state index is 0.271. The van der Waals surface area contributed by atoms with Crippen LogP contribution in [-0.4, -0.2) is 43.8 Å². The van der Waals surface area contributed by atoms with E-state index in [2.05, 4.69) is 11.8 Å². The minimum Gasteiger partial charge on any atom is -0.379 e. The fourth-order valence-electron chi connectivity index (χ4n) is 2.59. The van der Waals surface area contributed by atoms with Gasteiger partial charge in [0.1, 0.15) is 0 Å². The number of ether oxygens (including phenoxy) is 1. The van der Waals surface area contributed by atoms with Crippen LogP contribution in [0.4, 0.5) is 0 Å². The van der Waals surface area contributed by atoms with E-state index < -0.39 is 0 Å². The van der Waals surface area contributed by atoms with E-state index in [0.29, 0.717) is 5.92 Å². The maximum atomic E-state index is 5.98. The Kier molecular flexibility index (Phi) is 3.42. The lowest BCUT2D eigenvalue weighted by molar-refractivity contribution is 0.139. The minimum atomic E-state index is 0.271. The van der Waals surface area contributed by atoms with E-state index in [0.717, 1.165) is 25.7 Å². The maximum absolute atomic E-state index is 5.98. The fraction of sp³-hybridized carbons (Fsp3) is 1.00. The molecule has 3 heteroatoms. The Balaban J connectivity index is 1.78. The summed E-state index contributed by atoms with van der Waals surface area (Å²) in [4.78, 5) is 2.56. The summed E-state index contributed by atoms with van der Waals surface area (Å²) in [5, 5.41) is 0. The summed E-state index contributed by atoms with van der Waals surface area (Å²) >= 11 is 0. The van der Waals surface area contributed by atoms with E-state index in [9.17, 15) is 0 Å². The van der Waals surface area contributed by atoms with Gasteiger partial charge in [0.2, 0.25) is 0 Å². The molecule has 3 unspecified atom stereocenters. The quantitative estimate of drug-likeness (QED) is 0.709. The highest BCUT2D eigenvalue weighted by Gasteiger charge is 2.28. The van der Waals surface area contributed by atoms with Crippen molar-refractivity contribution in [3.05, 3.63) is 0 Å². The van der Waals surface area contributed by atoms with Crippen LogP contribution in [0, 0.1) is 11.8 Å². The lowest BCUT2D eigenvalue weighted by Crippen LogP contribution is -2.42. The Labute approximate surface area is 86.6 Å². The van der Waals surface area contributed by atoms with Gasteiger partial charge in [0.05, 0.1) is 13.2 Å². The second-order valence-corrected chi connectivity index (χ2v) is 4.97. The summed E-state index contributed by atoms with van der Waals surface area (Å²) in [6.07, 6.45) is 2.74. The number of likely N-dealkylation sites (tertiary alicyclic amines) is 1. The molecule has 0 aromatic carbocycles. The topological polar surface area (TPSA) is 38.5 Å². The van der Waals surface area contributed by atoms with Crippen LogP contribution in [0.25, 0.3) is 0 Å². The molecule has 0 aromatic rings. The van der Waals surface area contributed by atoms with Crippen LogP contribution in [0.3, 0.4) is 0 Å². The Morgan fingerprint density at radius 1 is 1.43 bits per heavy atom. The molecular weight excluding hydrogens is 176 g/mol. The molecule has 3 atom stereocenters. The molecule has 14 heavy (non-hydrogen) atoms. The molecule has 0 aliphatic carbocycles. The van der Waals surface area contributed by atoms with Crippen LogP contribution < -0.4 is 5.73 Å². The number of hydrogen-bond donors (Lipinski definition) is 1. The highest BCUT2D eigenvalue weighted by atomic mass is 16.5. The Bertz CT molecular complexity index is 186. The number of hydrogen-bond acceptors (Lipinski definition) is 3. The number of rotatable bonds is 2. The van der Waals surface area contributed by atoms with Gasteiger partial charge >= 0.3 is 0 Å². The van der Waals surface area contributed by atoms with Crippen LogP contribution in [-0.2, 0) is 4.74 Å². The van der Waals surface area contributed by atoms with Crippen molar-refractivity contribution in [2.24, 2.45) is 17.6 Å². The number of nitrogens with two attached hydrogens (primary N) is 1. The van der Waals surface area contributed by atoms with Gasteiger partial charge < -0.3 is 15.4 Å². The van der Waals surface area contributed by atoms with E-state index in [4.69, 9.17) is 10.5 Å². The molecule has 2 rings (SSSR count). The molecule has 2 N–H and O–H groups in total. The Morgan fingerprint density at radius 3 is 2.93 bits per heavy atom. The maximum Gasteiger partial charge on any atom is 0.0621 e. The number of piperidine rings is 1. The molecule has 0 saturated carbocycles. The molecule has 0 spiro atoms. The molecule has 2 aliphatic heterocycles. The van der Waals surface area contributed by atoms with E-state index >= 15 is 0 Å². The zero-order valence-electron chi connectivity index (χ0n) is 9.11. The summed E-state index contributed by atoms with van der Waals surface area (Å²) in [5.74, 6) is 1.43. The average molecular weight is 198 g/mol. The lowest BCUT2D eigenvalue weighted by Gasteiger charge is -2.33. The molecule has 0 bridgehead atoms. The molecule has 2 fully saturated rings. The zero-order valence-corrected chi connectivity index (χ0v) is 9.11. The first-order valence-corrected chi connectivity index (χ1v) is 5.81.